The standard InChI is InChI=1S/C13H25N3/c1-10-2-4-11(5-3-10)16(12-6-7-12)9-8-13(14)15/h10-12H,2-9H2,1H3,(H3,14,15). The number of nitrogens with one attached hydrogen (secondary N) is 1. The van der Waals surface area contributed by atoms with Crippen LogP contribution < -0.4 is 5.73 Å². The van der Waals surface area contributed by atoms with Crippen molar-refractivity contribution in [1.29, 1.82) is 5.41 Å². The third-order valence-corrected chi connectivity index (χ3v) is 4.11. The van der Waals surface area contributed by atoms with Crippen molar-refractivity contribution in [1.82, 2.24) is 4.90 Å². The molecule has 0 aromatic rings. The molecule has 0 aliphatic heterocycles. The van der Waals surface area contributed by atoms with Crippen LogP contribution in [0.1, 0.15) is 51.9 Å². The second kappa shape index (κ2) is 5.17. The molecule has 0 aromatic carbocycles. The third-order valence-electron chi connectivity index (χ3n) is 4.11. The van der Waals surface area contributed by atoms with E-state index >= 15 is 0 Å². The van der Waals surface area contributed by atoms with Gasteiger partial charge < -0.3 is 5.73 Å². The van der Waals surface area contributed by atoms with Crippen molar-refractivity contribution < 1.29 is 0 Å². The molecule has 92 valence electrons. The van der Waals surface area contributed by atoms with Gasteiger partial charge in [-0.1, -0.05) is 6.92 Å². The maximum Gasteiger partial charge on any atom is 0.0918 e. The first-order chi connectivity index (χ1) is 7.66. The van der Waals surface area contributed by atoms with E-state index in [1.54, 1.807) is 0 Å². The van der Waals surface area contributed by atoms with Crippen LogP contribution >= 0.6 is 0 Å². The van der Waals surface area contributed by atoms with Gasteiger partial charge in [-0.15, -0.1) is 0 Å². The van der Waals surface area contributed by atoms with Crippen molar-refractivity contribution in [2.45, 2.75) is 64.0 Å². The van der Waals surface area contributed by atoms with Gasteiger partial charge in [0.1, 0.15) is 0 Å². The van der Waals surface area contributed by atoms with E-state index in [0.717, 1.165) is 31.0 Å². The first-order valence-electron chi connectivity index (χ1n) is 6.75. The summed E-state index contributed by atoms with van der Waals surface area (Å²) in [7, 11) is 0. The quantitative estimate of drug-likeness (QED) is 0.555. The van der Waals surface area contributed by atoms with E-state index in [0.29, 0.717) is 5.84 Å². The van der Waals surface area contributed by atoms with Gasteiger partial charge in [0.2, 0.25) is 0 Å². The van der Waals surface area contributed by atoms with Gasteiger partial charge in [-0.25, -0.2) is 0 Å². The zero-order valence-corrected chi connectivity index (χ0v) is 10.4. The monoisotopic (exact) mass is 223 g/mol. The molecule has 0 heterocycles. The highest BCUT2D eigenvalue weighted by Crippen LogP contribution is 2.35. The number of hydrogen-bond donors (Lipinski definition) is 2. The summed E-state index contributed by atoms with van der Waals surface area (Å²) in [6, 6.07) is 1.60. The van der Waals surface area contributed by atoms with Crippen LogP contribution in [0.15, 0.2) is 0 Å². The van der Waals surface area contributed by atoms with Gasteiger partial charge in [0.15, 0.2) is 0 Å². The molecule has 2 rings (SSSR count). The molecule has 2 aliphatic carbocycles. The molecule has 0 atom stereocenters. The SMILES string of the molecule is CC1CCC(N(CCC(=N)N)C2CC2)CC1. The molecule has 2 saturated carbocycles. The van der Waals surface area contributed by atoms with Crippen LogP contribution in [-0.2, 0) is 0 Å². The second-order valence-corrected chi connectivity index (χ2v) is 5.66. The second-order valence-electron chi connectivity index (χ2n) is 5.66. The maximum absolute atomic E-state index is 7.35. The minimum Gasteiger partial charge on any atom is -0.388 e. The number of nitrogens with zero attached hydrogens (tertiary/aromatic N) is 1. The fraction of sp³-hybridized carbons (Fsp3) is 0.923. The normalized spacial score (nSPS) is 30.6. The van der Waals surface area contributed by atoms with Crippen molar-refractivity contribution in [2.24, 2.45) is 11.7 Å². The Morgan fingerprint density at radius 1 is 1.12 bits per heavy atom. The number of hydrogen-bond acceptors (Lipinski definition) is 2. The van der Waals surface area contributed by atoms with Gasteiger partial charge in [0.25, 0.3) is 0 Å². The Bertz CT molecular complexity index is 240. The van der Waals surface area contributed by atoms with E-state index in [1.807, 2.05) is 0 Å². The summed E-state index contributed by atoms with van der Waals surface area (Å²) in [6.45, 7) is 3.38. The van der Waals surface area contributed by atoms with E-state index in [4.69, 9.17) is 11.1 Å². The Labute approximate surface area is 98.9 Å². The first-order valence-corrected chi connectivity index (χ1v) is 6.75. The zero-order chi connectivity index (χ0) is 11.5. The molecule has 0 amide bonds. The molecule has 0 spiro atoms. The topological polar surface area (TPSA) is 53.1 Å². The highest BCUT2D eigenvalue weighted by atomic mass is 15.2. The van der Waals surface area contributed by atoms with Crippen LogP contribution in [0.5, 0.6) is 0 Å². The van der Waals surface area contributed by atoms with E-state index in [9.17, 15) is 0 Å². The summed E-state index contributed by atoms with van der Waals surface area (Å²) in [4.78, 5) is 2.65. The molecule has 0 radical (unpaired) electrons. The fourth-order valence-corrected chi connectivity index (χ4v) is 2.89. The average Bonchev–Trinajstić information content (AvgIpc) is 3.04. The minimum atomic E-state index is 0.342. The lowest BCUT2D eigenvalue weighted by atomic mass is 9.86. The molecule has 3 N–H and O–H groups in total. The summed E-state index contributed by atoms with van der Waals surface area (Å²) in [6.07, 6.45) is 8.96. The Hall–Kier alpha value is -0.570. The minimum absolute atomic E-state index is 0.342. The molecule has 0 aromatic heterocycles. The van der Waals surface area contributed by atoms with Crippen LogP contribution in [-0.4, -0.2) is 29.4 Å². The Morgan fingerprint density at radius 2 is 1.62 bits per heavy atom. The molecule has 2 aliphatic rings. The smallest absolute Gasteiger partial charge is 0.0918 e. The number of rotatable bonds is 5. The summed E-state index contributed by atoms with van der Waals surface area (Å²) in [5.41, 5.74) is 5.47. The van der Waals surface area contributed by atoms with Crippen LogP contribution in [0.25, 0.3) is 0 Å². The van der Waals surface area contributed by atoms with Crippen molar-refractivity contribution in [3.8, 4) is 0 Å². The Balaban J connectivity index is 1.83. The van der Waals surface area contributed by atoms with Crippen LogP contribution in [0, 0.1) is 11.3 Å². The maximum atomic E-state index is 7.35. The molecule has 0 bridgehead atoms. The summed E-state index contributed by atoms with van der Waals surface area (Å²) in [5, 5.41) is 7.35. The predicted molar refractivity (Wildman–Crippen MR) is 67.7 cm³/mol. The number of amidine groups is 1. The van der Waals surface area contributed by atoms with Crippen molar-refractivity contribution in [3.05, 3.63) is 0 Å². The van der Waals surface area contributed by atoms with Crippen molar-refractivity contribution in [2.75, 3.05) is 6.54 Å². The first kappa shape index (κ1) is 11.9. The number of nitrogens with two attached hydrogens (primary N) is 1. The molecule has 0 saturated heterocycles. The van der Waals surface area contributed by atoms with Crippen molar-refractivity contribution in [3.63, 3.8) is 0 Å². The molecule has 3 nitrogen and oxygen atoms in total. The van der Waals surface area contributed by atoms with Crippen LogP contribution in [0.3, 0.4) is 0 Å². The lowest BCUT2D eigenvalue weighted by Gasteiger charge is -2.36. The fourth-order valence-electron chi connectivity index (χ4n) is 2.89. The molecule has 16 heavy (non-hydrogen) atoms. The molecule has 2 fully saturated rings. The lowest BCUT2D eigenvalue weighted by Crippen LogP contribution is -2.41. The van der Waals surface area contributed by atoms with Gasteiger partial charge in [0, 0.05) is 25.0 Å². The van der Waals surface area contributed by atoms with E-state index in [-0.39, 0.29) is 0 Å². The summed E-state index contributed by atoms with van der Waals surface area (Å²) < 4.78 is 0. The van der Waals surface area contributed by atoms with Crippen LogP contribution in [0.2, 0.25) is 0 Å². The largest absolute Gasteiger partial charge is 0.388 e. The van der Waals surface area contributed by atoms with Crippen molar-refractivity contribution >= 4 is 5.84 Å². The lowest BCUT2D eigenvalue weighted by molar-refractivity contribution is 0.135. The van der Waals surface area contributed by atoms with E-state index in [1.165, 1.54) is 38.5 Å². The molecule has 0 unspecified atom stereocenters. The predicted octanol–water partition coefficient (Wildman–Crippen LogP) is 2.36. The van der Waals surface area contributed by atoms with Gasteiger partial charge in [-0.05, 0) is 44.4 Å². The van der Waals surface area contributed by atoms with Gasteiger partial charge in [-0.2, -0.15) is 0 Å². The van der Waals surface area contributed by atoms with E-state index in [2.05, 4.69) is 11.8 Å². The highest BCUT2D eigenvalue weighted by Gasteiger charge is 2.34. The highest BCUT2D eigenvalue weighted by molar-refractivity contribution is 5.76. The average molecular weight is 223 g/mol. The van der Waals surface area contributed by atoms with Gasteiger partial charge in [0.05, 0.1) is 5.84 Å². The third kappa shape index (κ3) is 3.21. The van der Waals surface area contributed by atoms with Gasteiger partial charge >= 0.3 is 0 Å². The molecular formula is C13H25N3. The zero-order valence-electron chi connectivity index (χ0n) is 10.4. The summed E-state index contributed by atoms with van der Waals surface area (Å²) in [5.74, 6) is 1.26. The Morgan fingerprint density at radius 3 is 2.06 bits per heavy atom. The summed E-state index contributed by atoms with van der Waals surface area (Å²) >= 11 is 0. The molecular weight excluding hydrogens is 198 g/mol. The van der Waals surface area contributed by atoms with E-state index < -0.39 is 0 Å². The van der Waals surface area contributed by atoms with Gasteiger partial charge in [-0.3, -0.25) is 10.3 Å². The Kier molecular flexibility index (Phi) is 3.85. The van der Waals surface area contributed by atoms with Crippen LogP contribution in [0.4, 0.5) is 0 Å². The molecule has 3 heteroatoms.